The highest BCUT2D eigenvalue weighted by molar-refractivity contribution is 6.19. The fourth-order valence-electron chi connectivity index (χ4n) is 5.74. The van der Waals surface area contributed by atoms with Gasteiger partial charge in [-0.3, -0.25) is 0 Å². The summed E-state index contributed by atoms with van der Waals surface area (Å²) in [6.07, 6.45) is -21.2. The monoisotopic (exact) mass is 503 g/mol. The molecule has 0 spiro atoms. The van der Waals surface area contributed by atoms with E-state index in [2.05, 4.69) is 0 Å². The Bertz CT molecular complexity index is 2520. The maximum atomic E-state index is 9.98. The first-order valence-electron chi connectivity index (χ1n) is 20.1. The highest BCUT2D eigenvalue weighted by Gasteiger charge is 2.34. The summed E-state index contributed by atoms with van der Waals surface area (Å²) in [5.41, 5.74) is -0.985. The van der Waals surface area contributed by atoms with Crippen LogP contribution in [0.2, 0.25) is 0 Å². The minimum Gasteiger partial charge on any atom is -0.0754 e. The van der Waals surface area contributed by atoms with E-state index in [0.717, 1.165) is 22.2 Å². The molecule has 3 aliphatic rings. The Morgan fingerprint density at radius 3 is 2.32 bits per heavy atom. The zero-order valence-electron chi connectivity index (χ0n) is 35.3. The molecule has 0 saturated heterocycles. The molecular formula is C38H32. The number of rotatable bonds is 2. The van der Waals surface area contributed by atoms with Crippen LogP contribution in [-0.2, 0) is 0 Å². The van der Waals surface area contributed by atoms with E-state index in [1.165, 1.54) is 0 Å². The zero-order chi connectivity index (χ0) is 38.5. The van der Waals surface area contributed by atoms with Gasteiger partial charge < -0.3 is 0 Å². The minimum absolute atomic E-state index is 0.0264. The predicted molar refractivity (Wildman–Crippen MR) is 163 cm³/mol. The van der Waals surface area contributed by atoms with Gasteiger partial charge in [0, 0.05) is 19.2 Å². The molecule has 2 atom stereocenters. The summed E-state index contributed by atoms with van der Waals surface area (Å²) in [6, 6.07) is 28.1. The third kappa shape index (κ3) is 3.43. The molecule has 0 aliphatic heterocycles. The molecule has 1 fully saturated rings. The number of hydrogen-bond donors (Lipinski definition) is 0. The first-order valence-corrected chi connectivity index (χ1v) is 12.6. The second-order valence-corrected chi connectivity index (χ2v) is 9.56. The van der Waals surface area contributed by atoms with Gasteiger partial charge in [0.15, 0.2) is 0 Å². The van der Waals surface area contributed by atoms with Crippen LogP contribution in [0.3, 0.4) is 0 Å². The lowest BCUT2D eigenvalue weighted by molar-refractivity contribution is 0.364. The lowest BCUT2D eigenvalue weighted by Crippen LogP contribution is -2.23. The van der Waals surface area contributed by atoms with E-state index in [1.807, 2.05) is 54.6 Å². The van der Waals surface area contributed by atoms with E-state index in [0.29, 0.717) is 27.3 Å². The van der Waals surface area contributed by atoms with E-state index in [1.54, 1.807) is 42.5 Å². The zero-order valence-corrected chi connectivity index (χ0v) is 20.3. The molecule has 0 N–H and O–H groups in total. The maximum Gasteiger partial charge on any atom is 0.0583 e. The fourth-order valence-corrected chi connectivity index (χ4v) is 5.74. The molecule has 2 unspecified atom stereocenters. The van der Waals surface area contributed by atoms with Crippen molar-refractivity contribution in [1.29, 1.82) is 0 Å². The quantitative estimate of drug-likeness (QED) is 0.210. The molecule has 8 rings (SSSR count). The summed E-state index contributed by atoms with van der Waals surface area (Å²) in [6.45, 7) is 0. The summed E-state index contributed by atoms with van der Waals surface area (Å²) in [5.74, 6) is -7.05. The van der Waals surface area contributed by atoms with Crippen LogP contribution in [0.25, 0.3) is 43.5 Å². The molecule has 3 aliphatic carbocycles. The Morgan fingerprint density at radius 2 is 1.39 bits per heavy atom. The number of fused-ring (bicyclic) bond motifs is 6. The first-order chi connectivity index (χ1) is 24.5. The van der Waals surface area contributed by atoms with Gasteiger partial charge in [0.05, 0.1) is 1.37 Å². The molecule has 0 nitrogen and oxygen atoms in total. The van der Waals surface area contributed by atoms with Gasteiger partial charge in [-0.2, -0.15) is 0 Å². The predicted octanol–water partition coefficient (Wildman–Crippen LogP) is 10.5. The van der Waals surface area contributed by atoms with E-state index < -0.39 is 67.2 Å². The molecule has 1 saturated carbocycles. The van der Waals surface area contributed by atoms with Crippen LogP contribution in [0.5, 0.6) is 0 Å². The lowest BCUT2D eigenvalue weighted by Gasteiger charge is -2.38. The Balaban J connectivity index is 1.61. The van der Waals surface area contributed by atoms with Crippen molar-refractivity contribution in [3.63, 3.8) is 0 Å². The van der Waals surface area contributed by atoms with Gasteiger partial charge in [-0.1, -0.05) is 121 Å². The summed E-state index contributed by atoms with van der Waals surface area (Å²) in [4.78, 5) is 0. The molecule has 0 amide bonds. The Morgan fingerprint density at radius 1 is 0.658 bits per heavy atom. The average Bonchev–Trinajstić information content (AvgIpc) is 3.11. The summed E-state index contributed by atoms with van der Waals surface area (Å²) < 4.78 is 137. The number of hydrogen-bond acceptors (Lipinski definition) is 0. The highest BCUT2D eigenvalue weighted by Crippen LogP contribution is 2.51. The van der Waals surface area contributed by atoms with Crippen molar-refractivity contribution in [3.05, 3.63) is 131 Å². The fraction of sp³-hybridized carbons (Fsp3) is 0.211. The minimum atomic E-state index is -3.84. The van der Waals surface area contributed by atoms with Crippen molar-refractivity contribution in [1.82, 2.24) is 0 Å². The summed E-state index contributed by atoms with van der Waals surface area (Å²) in [7, 11) is 0. The number of benzene rings is 5. The molecule has 184 valence electrons. The topological polar surface area (TPSA) is 0 Å². The Hall–Kier alpha value is -3.90. The van der Waals surface area contributed by atoms with Crippen LogP contribution in [0, 0.1) is 11.8 Å². The Kier molecular flexibility index (Phi) is 2.76. The van der Waals surface area contributed by atoms with Crippen molar-refractivity contribution in [2.24, 2.45) is 11.8 Å². The van der Waals surface area contributed by atoms with Crippen molar-refractivity contribution in [2.45, 2.75) is 38.2 Å². The van der Waals surface area contributed by atoms with Crippen molar-refractivity contribution < 1.29 is 20.6 Å². The van der Waals surface area contributed by atoms with Gasteiger partial charge in [0.25, 0.3) is 0 Å². The second kappa shape index (κ2) is 8.84. The third-order valence-corrected chi connectivity index (χ3v) is 7.47. The average molecular weight is 504 g/mol. The third-order valence-electron chi connectivity index (χ3n) is 7.47. The first kappa shape index (κ1) is 11.9. The standard InChI is InChI=1S/C38H32/c1-2-12-28-24-37-29(23-27(28)11-1)20-22-36(38(37)35-18-7-13-25-9-3-6-15-31(25)35)33-17-8-16-32-30-14-5-4-10-26(30)19-21-34(32)33/h3-10,13-19,21-22,24,27,29H,1-2,11-12,20,23H2/i1D2,2D2,11D2,12D2,20D2,22D,23D2,27D,29D. The van der Waals surface area contributed by atoms with Crippen LogP contribution in [0.1, 0.15) is 69.9 Å². The van der Waals surface area contributed by atoms with Crippen LogP contribution in [-0.4, -0.2) is 0 Å². The van der Waals surface area contributed by atoms with Crippen LogP contribution in [0.15, 0.2) is 120 Å². The van der Waals surface area contributed by atoms with Crippen molar-refractivity contribution in [3.8, 4) is 0 Å². The molecule has 0 heteroatoms. The van der Waals surface area contributed by atoms with Crippen LogP contribution >= 0.6 is 0 Å². The highest BCUT2D eigenvalue weighted by atomic mass is 14.4. The van der Waals surface area contributed by atoms with E-state index >= 15 is 0 Å². The maximum absolute atomic E-state index is 9.98. The molecule has 5 aromatic carbocycles. The van der Waals surface area contributed by atoms with Gasteiger partial charge in [-0.25, -0.2) is 0 Å². The van der Waals surface area contributed by atoms with Gasteiger partial charge in [0.1, 0.15) is 0 Å². The summed E-state index contributed by atoms with van der Waals surface area (Å²) >= 11 is 0. The molecule has 0 aromatic heterocycles. The van der Waals surface area contributed by atoms with E-state index in [4.69, 9.17) is 11.0 Å². The largest absolute Gasteiger partial charge is 0.0754 e. The second-order valence-electron chi connectivity index (χ2n) is 9.56. The van der Waals surface area contributed by atoms with Gasteiger partial charge in [0.2, 0.25) is 0 Å². The summed E-state index contributed by atoms with van der Waals surface area (Å²) in [5, 5.41) is 4.43. The SMILES string of the molecule is [2H]C1=C(c2cccc3c2ccc2ccccc23)C(c2cccc3ccccc23)=C2C=C3C([2H])([2H])C([2H])([2H])C([2H])([2H])C([2H])([2H])C3([2H])C([2H])([2H])C2([2H])C1([2H])[2H]. The molecule has 0 bridgehead atoms. The molecular weight excluding hydrogens is 456 g/mol. The van der Waals surface area contributed by atoms with Crippen molar-refractivity contribution in [2.75, 3.05) is 0 Å². The smallest absolute Gasteiger partial charge is 0.0583 e. The van der Waals surface area contributed by atoms with Gasteiger partial charge in [-0.15, -0.1) is 0 Å². The molecule has 5 aromatic rings. The van der Waals surface area contributed by atoms with Crippen molar-refractivity contribution >= 4 is 43.5 Å². The van der Waals surface area contributed by atoms with Gasteiger partial charge in [-0.05, 0) is 104 Å². The molecule has 0 heterocycles. The van der Waals surface area contributed by atoms with Crippen LogP contribution in [0.4, 0.5) is 0 Å². The van der Waals surface area contributed by atoms with E-state index in [9.17, 15) is 9.60 Å². The van der Waals surface area contributed by atoms with Crippen LogP contribution < -0.4 is 0 Å². The number of allylic oxidation sites excluding steroid dienone is 6. The van der Waals surface area contributed by atoms with Gasteiger partial charge >= 0.3 is 0 Å². The lowest BCUT2D eigenvalue weighted by atomic mass is 9.66. The molecule has 0 radical (unpaired) electrons. The Labute approximate surface area is 246 Å². The normalized spacial score (nSPS) is 39.2. The molecule has 38 heavy (non-hydrogen) atoms. The van der Waals surface area contributed by atoms with E-state index in [-0.39, 0.29) is 11.1 Å².